The Morgan fingerprint density at radius 2 is 2.20 bits per heavy atom. The van der Waals surface area contributed by atoms with E-state index < -0.39 is 11.2 Å². The monoisotopic (exact) mass is 234 g/mol. The highest BCUT2D eigenvalue weighted by Gasteiger charge is 2.10. The number of nitrogens with zero attached hydrogens (tertiary/aromatic N) is 1. The van der Waals surface area contributed by atoms with Crippen LogP contribution in [0.3, 0.4) is 0 Å². The molecule has 0 amide bonds. The molecule has 0 heterocycles. The minimum atomic E-state index is -1.00. The summed E-state index contributed by atoms with van der Waals surface area (Å²) in [5.41, 5.74) is 5.48. The lowest BCUT2D eigenvalue weighted by Crippen LogP contribution is -2.10. The fourth-order valence-corrected chi connectivity index (χ4v) is 0.940. The molecule has 0 spiro atoms. The average Bonchev–Trinajstić information content (AvgIpc) is 2.07. The molecule has 1 rings (SSSR count). The molecule has 0 bridgehead atoms. The van der Waals surface area contributed by atoms with Crippen molar-refractivity contribution in [2.75, 3.05) is 5.73 Å². The van der Waals surface area contributed by atoms with Gasteiger partial charge >= 0.3 is 0 Å². The third-order valence-corrected chi connectivity index (χ3v) is 1.50. The van der Waals surface area contributed by atoms with Crippen LogP contribution in [-0.4, -0.2) is 16.3 Å². The standard InChI is InChI=1S/C8H10N2O4.ClH/c1-5(11)14-8-3-2-6(10(12)13)4-7(8)9;/h2-5,11H,9H2,1H3;1H. The first-order valence-corrected chi connectivity index (χ1v) is 3.89. The van der Waals surface area contributed by atoms with E-state index in [0.717, 1.165) is 0 Å². The molecule has 0 aliphatic heterocycles. The summed E-state index contributed by atoms with van der Waals surface area (Å²) in [7, 11) is 0. The zero-order chi connectivity index (χ0) is 10.7. The summed E-state index contributed by atoms with van der Waals surface area (Å²) in [5, 5.41) is 19.2. The number of halogens is 1. The summed E-state index contributed by atoms with van der Waals surface area (Å²) in [5.74, 6) is 0.227. The lowest BCUT2D eigenvalue weighted by atomic mass is 10.2. The predicted octanol–water partition coefficient (Wildman–Crippen LogP) is 1.32. The fourth-order valence-electron chi connectivity index (χ4n) is 0.940. The Bertz CT molecular complexity index is 356. The van der Waals surface area contributed by atoms with Crippen molar-refractivity contribution in [3.05, 3.63) is 28.3 Å². The van der Waals surface area contributed by atoms with Gasteiger partial charge in [0.05, 0.1) is 10.6 Å². The van der Waals surface area contributed by atoms with Crippen molar-refractivity contribution < 1.29 is 14.8 Å². The van der Waals surface area contributed by atoms with Gasteiger partial charge in [0.25, 0.3) is 5.69 Å². The maximum absolute atomic E-state index is 10.3. The zero-order valence-corrected chi connectivity index (χ0v) is 8.73. The molecule has 3 N–H and O–H groups in total. The molecular weight excluding hydrogens is 224 g/mol. The lowest BCUT2D eigenvalue weighted by Gasteiger charge is -2.10. The number of hydrogen-bond acceptors (Lipinski definition) is 5. The van der Waals surface area contributed by atoms with Crippen LogP contribution in [-0.2, 0) is 0 Å². The van der Waals surface area contributed by atoms with Crippen molar-refractivity contribution in [1.29, 1.82) is 0 Å². The summed E-state index contributed by atoms with van der Waals surface area (Å²) >= 11 is 0. The number of benzene rings is 1. The van der Waals surface area contributed by atoms with Crippen molar-refractivity contribution in [1.82, 2.24) is 0 Å². The SMILES string of the molecule is CC(O)Oc1ccc([N+](=O)[O-])cc1N.Cl. The molecule has 7 heteroatoms. The Balaban J connectivity index is 0.00000196. The van der Waals surface area contributed by atoms with Crippen molar-refractivity contribution in [2.45, 2.75) is 13.2 Å². The van der Waals surface area contributed by atoms with Crippen LogP contribution in [0.15, 0.2) is 18.2 Å². The van der Waals surface area contributed by atoms with Gasteiger partial charge in [0.15, 0.2) is 6.29 Å². The minimum Gasteiger partial charge on any atom is -0.463 e. The molecule has 1 unspecified atom stereocenters. The van der Waals surface area contributed by atoms with Crippen LogP contribution in [0.5, 0.6) is 5.75 Å². The van der Waals surface area contributed by atoms with E-state index in [2.05, 4.69) is 0 Å². The van der Waals surface area contributed by atoms with Crippen LogP contribution in [0.25, 0.3) is 0 Å². The van der Waals surface area contributed by atoms with Crippen molar-refractivity contribution in [2.24, 2.45) is 0 Å². The van der Waals surface area contributed by atoms with Gasteiger partial charge in [0.2, 0.25) is 0 Å². The van der Waals surface area contributed by atoms with Crippen LogP contribution in [0.1, 0.15) is 6.92 Å². The molecule has 6 nitrogen and oxygen atoms in total. The second kappa shape index (κ2) is 5.38. The second-order valence-electron chi connectivity index (χ2n) is 2.70. The summed E-state index contributed by atoms with van der Waals surface area (Å²) in [6, 6.07) is 3.78. The van der Waals surface area contributed by atoms with Crippen LogP contribution in [0.4, 0.5) is 11.4 Å². The van der Waals surface area contributed by atoms with Crippen LogP contribution < -0.4 is 10.5 Å². The van der Waals surface area contributed by atoms with Crippen molar-refractivity contribution in [3.63, 3.8) is 0 Å². The van der Waals surface area contributed by atoms with Gasteiger partial charge in [-0.25, -0.2) is 0 Å². The topological polar surface area (TPSA) is 98.6 Å². The van der Waals surface area contributed by atoms with E-state index in [1.54, 1.807) is 0 Å². The number of nitro benzene ring substituents is 1. The minimum absolute atomic E-state index is 0. The number of aliphatic hydroxyl groups is 1. The summed E-state index contributed by atoms with van der Waals surface area (Å²) < 4.78 is 4.89. The molecule has 0 saturated carbocycles. The van der Waals surface area contributed by atoms with Gasteiger partial charge in [0, 0.05) is 12.1 Å². The molecule has 84 valence electrons. The van der Waals surface area contributed by atoms with E-state index in [9.17, 15) is 10.1 Å². The van der Waals surface area contributed by atoms with Crippen molar-refractivity contribution in [3.8, 4) is 5.75 Å². The van der Waals surface area contributed by atoms with Crippen LogP contribution in [0, 0.1) is 10.1 Å². The first kappa shape index (κ1) is 13.5. The van der Waals surface area contributed by atoms with Gasteiger partial charge < -0.3 is 15.6 Å². The summed E-state index contributed by atoms with van der Waals surface area (Å²) in [4.78, 5) is 9.79. The predicted molar refractivity (Wildman–Crippen MR) is 57.1 cm³/mol. The van der Waals surface area contributed by atoms with Gasteiger partial charge in [-0.05, 0) is 13.0 Å². The first-order valence-electron chi connectivity index (χ1n) is 3.89. The van der Waals surface area contributed by atoms with Gasteiger partial charge in [-0.1, -0.05) is 0 Å². The maximum Gasteiger partial charge on any atom is 0.271 e. The van der Waals surface area contributed by atoms with Crippen LogP contribution >= 0.6 is 12.4 Å². The number of nitrogens with two attached hydrogens (primary N) is 1. The van der Waals surface area contributed by atoms with Gasteiger partial charge in [-0.2, -0.15) is 0 Å². The lowest BCUT2D eigenvalue weighted by molar-refractivity contribution is -0.384. The number of nitro groups is 1. The molecule has 1 aromatic carbocycles. The second-order valence-corrected chi connectivity index (χ2v) is 2.70. The van der Waals surface area contributed by atoms with Crippen LogP contribution in [0.2, 0.25) is 0 Å². The smallest absolute Gasteiger partial charge is 0.271 e. The highest BCUT2D eigenvalue weighted by Crippen LogP contribution is 2.26. The highest BCUT2D eigenvalue weighted by atomic mass is 35.5. The number of anilines is 1. The number of hydrogen-bond donors (Lipinski definition) is 2. The van der Waals surface area contributed by atoms with Gasteiger partial charge in [-0.3, -0.25) is 10.1 Å². The Labute approximate surface area is 92.2 Å². The number of nitrogen functional groups attached to an aromatic ring is 1. The molecule has 0 saturated heterocycles. The number of aliphatic hydroxyl groups excluding tert-OH is 1. The number of ether oxygens (including phenoxy) is 1. The molecule has 0 aromatic heterocycles. The molecule has 0 aliphatic rings. The van der Waals surface area contributed by atoms with E-state index in [4.69, 9.17) is 15.6 Å². The van der Waals surface area contributed by atoms with E-state index in [1.165, 1.54) is 25.1 Å². The average molecular weight is 235 g/mol. The molecule has 1 atom stereocenters. The van der Waals surface area contributed by atoms with E-state index in [0.29, 0.717) is 0 Å². The Kier molecular flexibility index (Phi) is 4.83. The Hall–Kier alpha value is -1.53. The Morgan fingerprint density at radius 3 is 2.60 bits per heavy atom. The fraction of sp³-hybridized carbons (Fsp3) is 0.250. The third kappa shape index (κ3) is 3.61. The molecular formula is C8H11ClN2O4. The summed E-state index contributed by atoms with van der Waals surface area (Å²) in [6.07, 6.45) is -1.00. The molecule has 15 heavy (non-hydrogen) atoms. The number of rotatable bonds is 3. The largest absolute Gasteiger partial charge is 0.463 e. The maximum atomic E-state index is 10.3. The van der Waals surface area contributed by atoms with E-state index in [-0.39, 0.29) is 29.5 Å². The molecule has 1 aromatic rings. The van der Waals surface area contributed by atoms with Crippen molar-refractivity contribution >= 4 is 23.8 Å². The quantitative estimate of drug-likeness (QED) is 0.356. The third-order valence-electron chi connectivity index (χ3n) is 1.50. The first-order chi connectivity index (χ1) is 6.50. The zero-order valence-electron chi connectivity index (χ0n) is 7.91. The normalized spacial score (nSPS) is 11.3. The molecule has 0 fully saturated rings. The van der Waals surface area contributed by atoms with E-state index >= 15 is 0 Å². The van der Waals surface area contributed by atoms with Gasteiger partial charge in [-0.15, -0.1) is 12.4 Å². The highest BCUT2D eigenvalue weighted by molar-refractivity contribution is 5.85. The number of non-ortho nitro benzene ring substituents is 1. The molecule has 0 radical (unpaired) electrons. The van der Waals surface area contributed by atoms with E-state index in [1.807, 2.05) is 0 Å². The van der Waals surface area contributed by atoms with Gasteiger partial charge in [0.1, 0.15) is 5.75 Å². The molecule has 0 aliphatic carbocycles. The Morgan fingerprint density at radius 1 is 1.60 bits per heavy atom. The summed E-state index contributed by atoms with van der Waals surface area (Å²) in [6.45, 7) is 1.42.